The van der Waals surface area contributed by atoms with Gasteiger partial charge in [0.05, 0.1) is 13.2 Å². The van der Waals surface area contributed by atoms with Crippen molar-refractivity contribution in [3.8, 4) is 11.5 Å². The predicted molar refractivity (Wildman–Crippen MR) is 148 cm³/mol. The number of methoxy groups -OCH3 is 1. The summed E-state index contributed by atoms with van der Waals surface area (Å²) in [6.07, 6.45) is 2.43. The molecular weight excluding hydrogens is 484 g/mol. The number of fused-ring (bicyclic) bond motifs is 1. The molecule has 0 saturated heterocycles. The van der Waals surface area contributed by atoms with Gasteiger partial charge in [-0.15, -0.1) is 17.9 Å². The quantitative estimate of drug-likeness (QED) is 0.323. The number of hydrogen-bond donors (Lipinski definition) is 0. The number of rotatable bonds is 10. The molecule has 1 aromatic heterocycles. The molecule has 1 aliphatic heterocycles. The molecular formula is C30H34N2O4S. The lowest BCUT2D eigenvalue weighted by atomic mass is 10.00. The largest absolute Gasteiger partial charge is 0.497 e. The van der Waals surface area contributed by atoms with Crippen molar-refractivity contribution in [1.29, 1.82) is 0 Å². The molecule has 0 aliphatic carbocycles. The van der Waals surface area contributed by atoms with Gasteiger partial charge in [-0.05, 0) is 65.2 Å². The van der Waals surface area contributed by atoms with E-state index in [-0.39, 0.29) is 30.9 Å². The average Bonchev–Trinajstić information content (AvgIpc) is 3.40. The van der Waals surface area contributed by atoms with Gasteiger partial charge in [-0.2, -0.15) is 0 Å². The lowest BCUT2D eigenvalue weighted by Gasteiger charge is -2.37. The van der Waals surface area contributed by atoms with Crippen LogP contribution in [-0.4, -0.2) is 55.0 Å². The Bertz CT molecular complexity index is 1230. The van der Waals surface area contributed by atoms with Crippen molar-refractivity contribution in [2.75, 3.05) is 33.4 Å². The Hall–Kier alpha value is -3.58. The van der Waals surface area contributed by atoms with E-state index >= 15 is 0 Å². The number of carbonyl (C=O) groups is 2. The van der Waals surface area contributed by atoms with Crippen LogP contribution in [0.2, 0.25) is 0 Å². The summed E-state index contributed by atoms with van der Waals surface area (Å²) in [5.74, 6) is 1.47. The van der Waals surface area contributed by atoms with E-state index in [1.165, 1.54) is 15.3 Å². The lowest BCUT2D eigenvalue weighted by Crippen LogP contribution is -2.47. The summed E-state index contributed by atoms with van der Waals surface area (Å²) >= 11 is 1.71. The van der Waals surface area contributed by atoms with E-state index < -0.39 is 0 Å². The maximum atomic E-state index is 13.6. The van der Waals surface area contributed by atoms with E-state index in [4.69, 9.17) is 9.47 Å². The van der Waals surface area contributed by atoms with Crippen LogP contribution in [0.1, 0.15) is 52.2 Å². The summed E-state index contributed by atoms with van der Waals surface area (Å²) in [7, 11) is 1.56. The molecule has 2 amide bonds. The molecule has 3 aromatic rings. The van der Waals surface area contributed by atoms with Crippen LogP contribution < -0.4 is 9.47 Å². The Kier molecular flexibility index (Phi) is 8.66. The van der Waals surface area contributed by atoms with E-state index in [2.05, 4.69) is 44.0 Å². The first-order valence-electron chi connectivity index (χ1n) is 12.5. The average molecular weight is 519 g/mol. The number of nitrogens with zero attached hydrogens (tertiary/aromatic N) is 2. The molecule has 0 bridgehead atoms. The van der Waals surface area contributed by atoms with Gasteiger partial charge < -0.3 is 19.3 Å². The lowest BCUT2D eigenvalue weighted by molar-refractivity contribution is -0.135. The Balaban J connectivity index is 1.51. The predicted octanol–water partition coefficient (Wildman–Crippen LogP) is 5.71. The summed E-state index contributed by atoms with van der Waals surface area (Å²) in [6, 6.07) is 17.0. The summed E-state index contributed by atoms with van der Waals surface area (Å²) in [6.45, 7) is 9.27. The molecule has 7 heteroatoms. The maximum absolute atomic E-state index is 13.6. The standard InChI is InChI=1S/C30H34N2O4S/c1-5-15-31(30(34)23-7-6-8-25(18-23)35-4)19-29(33)32-16-13-28-26(14-17-37-28)27(32)20-36-24-11-9-22(10-12-24)21(2)3/h5-12,14,17-18,21,27H,1,13,15-16,19-20H2,2-4H3/t27-/m0/s1. The minimum Gasteiger partial charge on any atom is -0.497 e. The van der Waals surface area contributed by atoms with Crippen molar-refractivity contribution in [2.24, 2.45) is 0 Å². The van der Waals surface area contributed by atoms with Crippen molar-refractivity contribution < 1.29 is 19.1 Å². The monoisotopic (exact) mass is 518 g/mol. The third-order valence-corrected chi connectivity index (χ3v) is 7.65. The smallest absolute Gasteiger partial charge is 0.254 e. The zero-order valence-electron chi connectivity index (χ0n) is 21.7. The maximum Gasteiger partial charge on any atom is 0.254 e. The molecule has 0 spiro atoms. The van der Waals surface area contributed by atoms with Gasteiger partial charge in [0.15, 0.2) is 0 Å². The molecule has 1 aliphatic rings. The second-order valence-electron chi connectivity index (χ2n) is 9.39. The van der Waals surface area contributed by atoms with Crippen molar-refractivity contribution in [2.45, 2.75) is 32.2 Å². The molecule has 0 radical (unpaired) electrons. The van der Waals surface area contributed by atoms with E-state index in [0.29, 0.717) is 30.4 Å². The highest BCUT2D eigenvalue weighted by molar-refractivity contribution is 7.10. The molecule has 6 nitrogen and oxygen atoms in total. The minimum atomic E-state index is -0.238. The van der Waals surface area contributed by atoms with E-state index in [1.54, 1.807) is 48.8 Å². The molecule has 1 atom stereocenters. The fourth-order valence-electron chi connectivity index (χ4n) is 4.57. The molecule has 2 aromatic carbocycles. The van der Waals surface area contributed by atoms with E-state index in [0.717, 1.165) is 17.7 Å². The molecule has 0 fully saturated rings. The minimum absolute atomic E-state index is 0.0406. The molecule has 37 heavy (non-hydrogen) atoms. The summed E-state index contributed by atoms with van der Waals surface area (Å²) in [5, 5.41) is 2.07. The van der Waals surface area contributed by atoms with Crippen LogP contribution in [0.5, 0.6) is 11.5 Å². The molecule has 0 N–H and O–H groups in total. The first-order valence-corrected chi connectivity index (χ1v) is 13.4. The summed E-state index contributed by atoms with van der Waals surface area (Å²) in [5.41, 5.74) is 2.85. The SMILES string of the molecule is C=CCN(CC(=O)N1CCc2sccc2[C@@H]1COc1ccc(C(C)C)cc1)C(=O)c1cccc(OC)c1. The third kappa shape index (κ3) is 6.23. The van der Waals surface area contributed by atoms with Gasteiger partial charge in [0, 0.05) is 23.5 Å². The molecule has 2 heterocycles. The fraction of sp³-hybridized carbons (Fsp3) is 0.333. The zero-order valence-corrected chi connectivity index (χ0v) is 22.5. The van der Waals surface area contributed by atoms with Gasteiger partial charge in [-0.1, -0.05) is 38.1 Å². The van der Waals surface area contributed by atoms with Crippen molar-refractivity contribution >= 4 is 23.2 Å². The van der Waals surface area contributed by atoms with Gasteiger partial charge in [-0.25, -0.2) is 0 Å². The second-order valence-corrected chi connectivity index (χ2v) is 10.4. The molecule has 0 unspecified atom stereocenters. The summed E-state index contributed by atoms with van der Waals surface area (Å²) < 4.78 is 11.4. The molecule has 0 saturated carbocycles. The first-order chi connectivity index (χ1) is 17.9. The topological polar surface area (TPSA) is 59.1 Å². The second kappa shape index (κ2) is 12.1. The van der Waals surface area contributed by atoms with Crippen LogP contribution in [-0.2, 0) is 11.2 Å². The third-order valence-electron chi connectivity index (χ3n) is 6.65. The highest BCUT2D eigenvalue weighted by atomic mass is 32.1. The van der Waals surface area contributed by atoms with Gasteiger partial charge in [0.25, 0.3) is 5.91 Å². The first kappa shape index (κ1) is 26.5. The number of thiophene rings is 1. The number of benzene rings is 2. The number of amides is 2. The van der Waals surface area contributed by atoms with Crippen LogP contribution in [0, 0.1) is 0 Å². The van der Waals surface area contributed by atoms with Crippen LogP contribution in [0.25, 0.3) is 0 Å². The van der Waals surface area contributed by atoms with Gasteiger partial charge >= 0.3 is 0 Å². The molecule has 194 valence electrons. The van der Waals surface area contributed by atoms with Crippen LogP contribution >= 0.6 is 11.3 Å². The van der Waals surface area contributed by atoms with Crippen molar-refractivity contribution in [1.82, 2.24) is 9.80 Å². The van der Waals surface area contributed by atoms with E-state index in [9.17, 15) is 9.59 Å². The zero-order chi connectivity index (χ0) is 26.4. The Morgan fingerprint density at radius 1 is 1.16 bits per heavy atom. The number of carbonyl (C=O) groups excluding carboxylic acids is 2. The van der Waals surface area contributed by atoms with Crippen LogP contribution in [0.3, 0.4) is 0 Å². The Morgan fingerprint density at radius 3 is 2.65 bits per heavy atom. The fourth-order valence-corrected chi connectivity index (χ4v) is 5.49. The highest BCUT2D eigenvalue weighted by Crippen LogP contribution is 2.34. The van der Waals surface area contributed by atoms with Gasteiger partial charge in [0.1, 0.15) is 24.7 Å². The van der Waals surface area contributed by atoms with Crippen LogP contribution in [0.4, 0.5) is 0 Å². The normalized spacial score (nSPS) is 14.7. The van der Waals surface area contributed by atoms with E-state index in [1.807, 2.05) is 17.0 Å². The van der Waals surface area contributed by atoms with Crippen LogP contribution in [0.15, 0.2) is 72.6 Å². The number of ether oxygens (including phenoxy) is 2. The highest BCUT2D eigenvalue weighted by Gasteiger charge is 2.33. The van der Waals surface area contributed by atoms with Gasteiger partial charge in [-0.3, -0.25) is 9.59 Å². The summed E-state index contributed by atoms with van der Waals surface area (Å²) in [4.78, 5) is 31.6. The van der Waals surface area contributed by atoms with Crippen molar-refractivity contribution in [3.05, 3.63) is 94.2 Å². The Morgan fingerprint density at radius 2 is 1.95 bits per heavy atom. The van der Waals surface area contributed by atoms with Gasteiger partial charge in [0.2, 0.25) is 5.91 Å². The number of hydrogen-bond acceptors (Lipinski definition) is 5. The van der Waals surface area contributed by atoms with Crippen molar-refractivity contribution in [3.63, 3.8) is 0 Å². The molecule has 4 rings (SSSR count). The Labute approximate surface area is 223 Å².